The molecule has 0 saturated carbocycles. The Kier molecular flexibility index (Phi) is 6.79. The predicted octanol–water partition coefficient (Wildman–Crippen LogP) is 0.351. The zero-order valence-electron chi connectivity index (χ0n) is 9.28. The number of rotatable bonds is 7. The molecule has 96 valence electrons. The van der Waals surface area contributed by atoms with Crippen molar-refractivity contribution in [3.05, 3.63) is 0 Å². The highest BCUT2D eigenvalue weighted by Crippen LogP contribution is 2.01. The summed E-state index contributed by atoms with van der Waals surface area (Å²) in [6.07, 6.45) is -3.23. The number of aliphatic hydroxyl groups excluding tert-OH is 1. The minimum Gasteiger partial charge on any atom is -0.389 e. The van der Waals surface area contributed by atoms with Crippen molar-refractivity contribution in [2.24, 2.45) is 0 Å². The van der Waals surface area contributed by atoms with Crippen molar-refractivity contribution in [3.63, 3.8) is 0 Å². The number of β-amino-alcohol motifs (C(OH)–C–C–N with tert-alkyl or cyclic N) is 1. The summed E-state index contributed by atoms with van der Waals surface area (Å²) in [4.78, 5) is 2.07. The highest BCUT2D eigenvalue weighted by atomic mass is 19.3. The van der Waals surface area contributed by atoms with Crippen LogP contribution in [-0.2, 0) is 9.47 Å². The number of halogens is 2. The van der Waals surface area contributed by atoms with Gasteiger partial charge in [0.05, 0.1) is 32.5 Å². The third-order valence-electron chi connectivity index (χ3n) is 2.36. The van der Waals surface area contributed by atoms with Crippen LogP contribution in [0.15, 0.2) is 0 Å². The number of alkyl halides is 2. The summed E-state index contributed by atoms with van der Waals surface area (Å²) in [5.74, 6) is 0. The van der Waals surface area contributed by atoms with E-state index in [1.54, 1.807) is 0 Å². The first kappa shape index (κ1) is 13.8. The van der Waals surface area contributed by atoms with Crippen LogP contribution in [0.25, 0.3) is 0 Å². The zero-order chi connectivity index (χ0) is 11.8. The second-order valence-corrected chi connectivity index (χ2v) is 3.82. The van der Waals surface area contributed by atoms with Gasteiger partial charge in [-0.2, -0.15) is 0 Å². The Balaban J connectivity index is 1.99. The van der Waals surface area contributed by atoms with Crippen LogP contribution in [0.4, 0.5) is 8.78 Å². The first-order valence-electron chi connectivity index (χ1n) is 5.52. The fourth-order valence-electron chi connectivity index (χ4n) is 1.53. The number of morpholine rings is 1. The second-order valence-electron chi connectivity index (χ2n) is 3.82. The van der Waals surface area contributed by atoms with Crippen molar-refractivity contribution in [1.29, 1.82) is 0 Å². The first-order chi connectivity index (χ1) is 7.68. The molecule has 0 aromatic carbocycles. The highest BCUT2D eigenvalue weighted by molar-refractivity contribution is 4.66. The van der Waals surface area contributed by atoms with E-state index in [9.17, 15) is 13.9 Å². The van der Waals surface area contributed by atoms with Crippen molar-refractivity contribution in [2.75, 3.05) is 46.1 Å². The summed E-state index contributed by atoms with van der Waals surface area (Å²) in [6, 6.07) is 0. The molecule has 6 heteroatoms. The topological polar surface area (TPSA) is 41.9 Å². The molecular formula is C10H19F2NO3. The lowest BCUT2D eigenvalue weighted by atomic mass is 10.3. The number of hydrogen-bond donors (Lipinski definition) is 1. The smallest absolute Gasteiger partial charge is 0.240 e. The molecule has 1 rings (SSSR count). The fourth-order valence-corrected chi connectivity index (χ4v) is 1.53. The van der Waals surface area contributed by atoms with E-state index in [0.29, 0.717) is 19.8 Å². The summed E-state index contributed by atoms with van der Waals surface area (Å²) < 4.78 is 33.7. The van der Waals surface area contributed by atoms with Gasteiger partial charge in [-0.15, -0.1) is 0 Å². The lowest BCUT2D eigenvalue weighted by Crippen LogP contribution is -2.42. The van der Waals surface area contributed by atoms with Gasteiger partial charge < -0.3 is 14.6 Å². The highest BCUT2D eigenvalue weighted by Gasteiger charge is 2.14. The fraction of sp³-hybridized carbons (Fsp3) is 1.00. The monoisotopic (exact) mass is 239 g/mol. The maximum absolute atomic E-state index is 11.8. The summed E-state index contributed by atoms with van der Waals surface area (Å²) in [5.41, 5.74) is 0. The zero-order valence-corrected chi connectivity index (χ0v) is 9.28. The Morgan fingerprint density at radius 2 is 2.00 bits per heavy atom. The minimum atomic E-state index is -2.34. The largest absolute Gasteiger partial charge is 0.389 e. The molecular weight excluding hydrogens is 220 g/mol. The van der Waals surface area contributed by atoms with Gasteiger partial charge in [0, 0.05) is 26.1 Å². The normalized spacial score (nSPS) is 20.2. The Hall–Kier alpha value is -0.300. The van der Waals surface area contributed by atoms with E-state index in [2.05, 4.69) is 4.90 Å². The lowest BCUT2D eigenvalue weighted by Gasteiger charge is -2.28. The van der Waals surface area contributed by atoms with Crippen molar-refractivity contribution in [2.45, 2.75) is 19.0 Å². The van der Waals surface area contributed by atoms with Crippen LogP contribution in [0.2, 0.25) is 0 Å². The molecule has 0 radical (unpaired) electrons. The van der Waals surface area contributed by atoms with Gasteiger partial charge in [-0.25, -0.2) is 8.78 Å². The molecule has 16 heavy (non-hydrogen) atoms. The maximum atomic E-state index is 11.8. The molecule has 1 fully saturated rings. The van der Waals surface area contributed by atoms with Crippen LogP contribution < -0.4 is 0 Å². The van der Waals surface area contributed by atoms with Gasteiger partial charge in [-0.05, 0) is 0 Å². The Bertz CT molecular complexity index is 177. The third kappa shape index (κ3) is 6.32. The lowest BCUT2D eigenvalue weighted by molar-refractivity contribution is -0.0205. The quantitative estimate of drug-likeness (QED) is 0.651. The average Bonchev–Trinajstić information content (AvgIpc) is 2.25. The van der Waals surface area contributed by atoms with E-state index in [4.69, 9.17) is 9.47 Å². The van der Waals surface area contributed by atoms with Crippen LogP contribution >= 0.6 is 0 Å². The summed E-state index contributed by atoms with van der Waals surface area (Å²) in [5, 5.41) is 9.57. The SMILES string of the molecule is OC(COCCC(F)F)CN1CCOCC1. The van der Waals surface area contributed by atoms with Gasteiger partial charge in [0.15, 0.2) is 0 Å². The second kappa shape index (κ2) is 7.89. The van der Waals surface area contributed by atoms with Gasteiger partial charge >= 0.3 is 0 Å². The van der Waals surface area contributed by atoms with Gasteiger partial charge in [0.1, 0.15) is 0 Å². The van der Waals surface area contributed by atoms with Crippen molar-refractivity contribution >= 4 is 0 Å². The molecule has 0 aromatic heterocycles. The van der Waals surface area contributed by atoms with Gasteiger partial charge in [0.2, 0.25) is 6.43 Å². The molecule has 0 aromatic rings. The molecule has 0 amide bonds. The average molecular weight is 239 g/mol. The summed E-state index contributed by atoms with van der Waals surface area (Å²) >= 11 is 0. The molecule has 1 heterocycles. The van der Waals surface area contributed by atoms with Gasteiger partial charge in [0.25, 0.3) is 0 Å². The van der Waals surface area contributed by atoms with E-state index in [0.717, 1.165) is 13.1 Å². The van der Waals surface area contributed by atoms with Crippen molar-refractivity contribution in [1.82, 2.24) is 4.90 Å². The Labute approximate surface area is 94.1 Å². The molecule has 0 aliphatic carbocycles. The number of hydrogen-bond acceptors (Lipinski definition) is 4. The molecule has 1 aliphatic rings. The van der Waals surface area contributed by atoms with Crippen LogP contribution in [0.1, 0.15) is 6.42 Å². The van der Waals surface area contributed by atoms with E-state index in [-0.39, 0.29) is 19.6 Å². The Morgan fingerprint density at radius 3 is 2.62 bits per heavy atom. The van der Waals surface area contributed by atoms with Gasteiger partial charge in [-0.1, -0.05) is 0 Å². The predicted molar refractivity (Wildman–Crippen MR) is 54.7 cm³/mol. The first-order valence-corrected chi connectivity index (χ1v) is 5.52. The van der Waals surface area contributed by atoms with Crippen molar-refractivity contribution < 1.29 is 23.4 Å². The molecule has 1 saturated heterocycles. The van der Waals surface area contributed by atoms with Crippen LogP contribution in [0.5, 0.6) is 0 Å². The number of ether oxygens (including phenoxy) is 2. The molecule has 1 unspecified atom stereocenters. The summed E-state index contributed by atoms with van der Waals surface area (Å²) in [7, 11) is 0. The Morgan fingerprint density at radius 1 is 1.31 bits per heavy atom. The van der Waals surface area contributed by atoms with E-state index >= 15 is 0 Å². The molecule has 0 spiro atoms. The van der Waals surface area contributed by atoms with E-state index in [1.165, 1.54) is 0 Å². The van der Waals surface area contributed by atoms with E-state index in [1.807, 2.05) is 0 Å². The van der Waals surface area contributed by atoms with E-state index < -0.39 is 12.5 Å². The summed E-state index contributed by atoms with van der Waals surface area (Å²) in [6.45, 7) is 3.58. The maximum Gasteiger partial charge on any atom is 0.240 e. The molecule has 0 bridgehead atoms. The number of nitrogens with zero attached hydrogens (tertiary/aromatic N) is 1. The number of aliphatic hydroxyl groups is 1. The molecule has 1 N–H and O–H groups in total. The minimum absolute atomic E-state index is 0.00215. The molecule has 4 nitrogen and oxygen atoms in total. The molecule has 1 aliphatic heterocycles. The van der Waals surface area contributed by atoms with Crippen LogP contribution in [0.3, 0.4) is 0 Å². The van der Waals surface area contributed by atoms with Crippen molar-refractivity contribution in [3.8, 4) is 0 Å². The molecule has 1 atom stereocenters. The van der Waals surface area contributed by atoms with Gasteiger partial charge in [-0.3, -0.25) is 4.90 Å². The van der Waals surface area contributed by atoms with Crippen LogP contribution in [-0.4, -0.2) is 68.6 Å². The standard InChI is InChI=1S/C10H19F2NO3/c11-10(12)1-4-16-8-9(14)7-13-2-5-15-6-3-13/h9-10,14H,1-8H2. The van der Waals surface area contributed by atoms with Crippen LogP contribution in [0, 0.1) is 0 Å². The third-order valence-corrected chi connectivity index (χ3v) is 2.36.